The summed E-state index contributed by atoms with van der Waals surface area (Å²) < 4.78 is 5.06. The van der Waals surface area contributed by atoms with Crippen LogP contribution in [0.15, 0.2) is 4.99 Å². The van der Waals surface area contributed by atoms with Gasteiger partial charge in [-0.1, -0.05) is 6.92 Å². The molecule has 1 rings (SSSR count). The molecule has 1 saturated heterocycles. The maximum absolute atomic E-state index is 5.06. The van der Waals surface area contributed by atoms with Crippen molar-refractivity contribution in [3.05, 3.63) is 0 Å². The van der Waals surface area contributed by atoms with Crippen molar-refractivity contribution < 1.29 is 4.74 Å². The van der Waals surface area contributed by atoms with Crippen molar-refractivity contribution in [2.24, 2.45) is 10.9 Å². The number of piperazine rings is 1. The summed E-state index contributed by atoms with van der Waals surface area (Å²) >= 11 is 0. The standard InChI is InChI=1S/C16H35N5O/c1-5-17-16(18-7-6-12-22-4)19-13-15(2)14-21-10-8-20(3)9-11-21/h15H,5-14H2,1-4H3,(H2,17,18,19). The number of methoxy groups -OCH3 is 1. The van der Waals surface area contributed by atoms with Gasteiger partial charge >= 0.3 is 0 Å². The highest BCUT2D eigenvalue weighted by Crippen LogP contribution is 2.04. The molecule has 1 atom stereocenters. The maximum atomic E-state index is 5.06. The minimum atomic E-state index is 0.581. The van der Waals surface area contributed by atoms with Crippen LogP contribution in [0.25, 0.3) is 0 Å². The second-order valence-electron chi connectivity index (χ2n) is 6.20. The van der Waals surface area contributed by atoms with E-state index in [2.05, 4.69) is 41.3 Å². The van der Waals surface area contributed by atoms with Crippen molar-refractivity contribution in [1.82, 2.24) is 20.4 Å². The molecule has 0 spiro atoms. The molecule has 1 fully saturated rings. The summed E-state index contributed by atoms with van der Waals surface area (Å²) in [5, 5.41) is 6.66. The zero-order valence-electron chi connectivity index (χ0n) is 14.9. The molecule has 0 radical (unpaired) electrons. The predicted molar refractivity (Wildman–Crippen MR) is 93.6 cm³/mol. The third-order valence-corrected chi connectivity index (χ3v) is 3.89. The quantitative estimate of drug-likeness (QED) is 0.368. The van der Waals surface area contributed by atoms with E-state index in [1.54, 1.807) is 7.11 Å². The van der Waals surface area contributed by atoms with Gasteiger partial charge in [0, 0.05) is 66.1 Å². The molecule has 1 aliphatic rings. The Morgan fingerprint density at radius 1 is 1.23 bits per heavy atom. The lowest BCUT2D eigenvalue weighted by Crippen LogP contribution is -2.46. The average molecular weight is 313 g/mol. The summed E-state index contributed by atoms with van der Waals surface area (Å²) in [6.07, 6.45) is 0.998. The lowest BCUT2D eigenvalue weighted by Gasteiger charge is -2.33. The van der Waals surface area contributed by atoms with Crippen molar-refractivity contribution in [2.45, 2.75) is 20.3 Å². The van der Waals surface area contributed by atoms with Crippen LogP contribution < -0.4 is 10.6 Å². The van der Waals surface area contributed by atoms with Crippen LogP contribution in [-0.2, 0) is 4.74 Å². The van der Waals surface area contributed by atoms with Gasteiger partial charge < -0.3 is 25.2 Å². The van der Waals surface area contributed by atoms with Crippen LogP contribution in [0.4, 0.5) is 0 Å². The van der Waals surface area contributed by atoms with Crippen molar-refractivity contribution >= 4 is 5.96 Å². The number of nitrogens with zero attached hydrogens (tertiary/aromatic N) is 3. The number of rotatable bonds is 9. The van der Waals surface area contributed by atoms with Crippen molar-refractivity contribution in [2.75, 3.05) is 73.1 Å². The topological polar surface area (TPSA) is 52.1 Å². The van der Waals surface area contributed by atoms with E-state index in [-0.39, 0.29) is 0 Å². The Hall–Kier alpha value is -0.850. The first-order valence-electron chi connectivity index (χ1n) is 8.57. The smallest absolute Gasteiger partial charge is 0.191 e. The van der Waals surface area contributed by atoms with Gasteiger partial charge in [-0.05, 0) is 26.3 Å². The van der Waals surface area contributed by atoms with Gasteiger partial charge in [0.05, 0.1) is 0 Å². The Balaban J connectivity index is 2.27. The summed E-state index contributed by atoms with van der Waals surface area (Å²) in [5.74, 6) is 1.50. The molecule has 0 aromatic carbocycles. The second kappa shape index (κ2) is 11.7. The first kappa shape index (κ1) is 19.2. The monoisotopic (exact) mass is 313 g/mol. The van der Waals surface area contributed by atoms with Gasteiger partial charge in [-0.25, -0.2) is 0 Å². The summed E-state index contributed by atoms with van der Waals surface area (Å²) in [6, 6.07) is 0. The molecule has 6 nitrogen and oxygen atoms in total. The lowest BCUT2D eigenvalue weighted by atomic mass is 10.1. The minimum absolute atomic E-state index is 0.581. The van der Waals surface area contributed by atoms with E-state index >= 15 is 0 Å². The molecule has 0 aromatic rings. The van der Waals surface area contributed by atoms with Gasteiger partial charge in [0.2, 0.25) is 0 Å². The number of aliphatic imine (C=N–C) groups is 1. The van der Waals surface area contributed by atoms with E-state index < -0.39 is 0 Å². The van der Waals surface area contributed by atoms with Crippen LogP contribution >= 0.6 is 0 Å². The summed E-state index contributed by atoms with van der Waals surface area (Å²) in [6.45, 7) is 13.7. The highest BCUT2D eigenvalue weighted by Gasteiger charge is 2.15. The third-order valence-electron chi connectivity index (χ3n) is 3.89. The number of guanidine groups is 1. The molecule has 22 heavy (non-hydrogen) atoms. The highest BCUT2D eigenvalue weighted by molar-refractivity contribution is 5.79. The molecular weight excluding hydrogens is 278 g/mol. The first-order valence-corrected chi connectivity index (χ1v) is 8.57. The number of ether oxygens (including phenoxy) is 1. The Morgan fingerprint density at radius 3 is 2.59 bits per heavy atom. The highest BCUT2D eigenvalue weighted by atomic mass is 16.5. The average Bonchev–Trinajstić information content (AvgIpc) is 2.51. The molecule has 0 amide bonds. The fraction of sp³-hybridized carbons (Fsp3) is 0.938. The molecular formula is C16H35N5O. The SMILES string of the molecule is CCNC(=NCC(C)CN1CCN(C)CC1)NCCCOC. The van der Waals surface area contributed by atoms with Crippen molar-refractivity contribution in [1.29, 1.82) is 0 Å². The summed E-state index contributed by atoms with van der Waals surface area (Å²) in [5.41, 5.74) is 0. The number of nitrogens with one attached hydrogen (secondary N) is 2. The van der Waals surface area contributed by atoms with E-state index in [4.69, 9.17) is 9.73 Å². The van der Waals surface area contributed by atoms with Crippen LogP contribution in [0.3, 0.4) is 0 Å². The maximum Gasteiger partial charge on any atom is 0.191 e. The molecule has 0 bridgehead atoms. The normalized spacial score (nSPS) is 19.2. The molecule has 1 unspecified atom stereocenters. The van der Waals surface area contributed by atoms with Gasteiger partial charge in [0.15, 0.2) is 5.96 Å². The van der Waals surface area contributed by atoms with Crippen LogP contribution in [0, 0.1) is 5.92 Å². The summed E-state index contributed by atoms with van der Waals surface area (Å²) in [7, 11) is 3.93. The molecule has 1 heterocycles. The van der Waals surface area contributed by atoms with Crippen LogP contribution in [0.2, 0.25) is 0 Å². The van der Waals surface area contributed by atoms with Crippen molar-refractivity contribution in [3.8, 4) is 0 Å². The molecule has 2 N–H and O–H groups in total. The van der Waals surface area contributed by atoms with Crippen LogP contribution in [-0.4, -0.2) is 88.9 Å². The molecule has 6 heteroatoms. The van der Waals surface area contributed by atoms with Gasteiger partial charge in [0.25, 0.3) is 0 Å². The van der Waals surface area contributed by atoms with Gasteiger partial charge in [-0.3, -0.25) is 4.99 Å². The van der Waals surface area contributed by atoms with Gasteiger partial charge in [-0.2, -0.15) is 0 Å². The Morgan fingerprint density at radius 2 is 1.95 bits per heavy atom. The third kappa shape index (κ3) is 8.56. The van der Waals surface area contributed by atoms with Crippen LogP contribution in [0.5, 0.6) is 0 Å². The molecule has 130 valence electrons. The van der Waals surface area contributed by atoms with E-state index in [0.717, 1.165) is 45.2 Å². The largest absolute Gasteiger partial charge is 0.385 e. The number of likely N-dealkylation sites (N-methyl/N-ethyl adjacent to an activating group) is 1. The second-order valence-corrected chi connectivity index (χ2v) is 6.20. The fourth-order valence-electron chi connectivity index (χ4n) is 2.54. The predicted octanol–water partition coefficient (Wildman–Crippen LogP) is 0.462. The van der Waals surface area contributed by atoms with E-state index in [0.29, 0.717) is 5.92 Å². The zero-order chi connectivity index (χ0) is 16.2. The number of hydrogen-bond acceptors (Lipinski definition) is 4. The Bertz CT molecular complexity index is 303. The van der Waals surface area contributed by atoms with Gasteiger partial charge in [-0.15, -0.1) is 0 Å². The first-order chi connectivity index (χ1) is 10.7. The van der Waals surface area contributed by atoms with E-state index in [9.17, 15) is 0 Å². The van der Waals surface area contributed by atoms with E-state index in [1.807, 2.05) is 0 Å². The van der Waals surface area contributed by atoms with Crippen molar-refractivity contribution in [3.63, 3.8) is 0 Å². The van der Waals surface area contributed by atoms with Gasteiger partial charge in [0.1, 0.15) is 0 Å². The van der Waals surface area contributed by atoms with E-state index in [1.165, 1.54) is 26.2 Å². The Kier molecular flexibility index (Phi) is 10.2. The fourth-order valence-corrected chi connectivity index (χ4v) is 2.54. The molecule has 0 saturated carbocycles. The molecule has 0 aliphatic carbocycles. The molecule has 0 aromatic heterocycles. The minimum Gasteiger partial charge on any atom is -0.385 e. The Labute approximate surface area is 136 Å². The zero-order valence-corrected chi connectivity index (χ0v) is 14.9. The van der Waals surface area contributed by atoms with Crippen LogP contribution in [0.1, 0.15) is 20.3 Å². The molecule has 1 aliphatic heterocycles. The summed E-state index contributed by atoms with van der Waals surface area (Å²) in [4.78, 5) is 9.66. The number of hydrogen-bond donors (Lipinski definition) is 2. The lowest BCUT2D eigenvalue weighted by molar-refractivity contribution is 0.140.